The highest BCUT2D eigenvalue weighted by Crippen LogP contribution is 2.24. The zero-order chi connectivity index (χ0) is 22.3. The second kappa shape index (κ2) is 9.70. The van der Waals surface area contributed by atoms with Crippen molar-refractivity contribution >= 4 is 28.6 Å². The number of fused-ring (bicyclic) bond motifs is 1. The smallest absolute Gasteiger partial charge is 0.413 e. The van der Waals surface area contributed by atoms with E-state index in [2.05, 4.69) is 15.6 Å². The van der Waals surface area contributed by atoms with Crippen molar-refractivity contribution in [1.82, 2.24) is 10.3 Å². The fourth-order valence-electron chi connectivity index (χ4n) is 3.46. The van der Waals surface area contributed by atoms with Crippen molar-refractivity contribution in [3.63, 3.8) is 0 Å². The maximum Gasteiger partial charge on any atom is 0.413 e. The van der Waals surface area contributed by atoms with Crippen LogP contribution in [0.1, 0.15) is 5.56 Å². The van der Waals surface area contributed by atoms with E-state index in [9.17, 15) is 9.59 Å². The number of amides is 2. The van der Waals surface area contributed by atoms with Gasteiger partial charge < -0.3 is 25.1 Å². The molecule has 0 aliphatic carbocycles. The lowest BCUT2D eigenvalue weighted by Gasteiger charge is -2.19. The fourth-order valence-corrected chi connectivity index (χ4v) is 3.46. The molecule has 4 rings (SSSR count). The van der Waals surface area contributed by atoms with E-state index in [0.29, 0.717) is 17.2 Å². The number of nitrogens with one attached hydrogen (secondary N) is 3. The molecule has 0 saturated heterocycles. The Hall–Kier alpha value is -4.26. The summed E-state index contributed by atoms with van der Waals surface area (Å²) in [5, 5.41) is 6.53. The normalized spacial score (nSPS) is 11.5. The van der Waals surface area contributed by atoms with Crippen LogP contribution >= 0.6 is 0 Å². The first-order chi connectivity index (χ1) is 15.6. The first-order valence-corrected chi connectivity index (χ1v) is 10.2. The zero-order valence-electron chi connectivity index (χ0n) is 17.5. The number of carbonyl (C=O) groups is 2. The van der Waals surface area contributed by atoms with Crippen LogP contribution in [-0.2, 0) is 11.2 Å². The molecule has 3 N–H and O–H groups in total. The number of hydrogen-bond donors (Lipinski definition) is 3. The molecule has 1 atom stereocenters. The minimum absolute atomic E-state index is 0.273. The van der Waals surface area contributed by atoms with Crippen molar-refractivity contribution in [2.75, 3.05) is 12.4 Å². The number of benzene rings is 3. The van der Waals surface area contributed by atoms with E-state index in [-0.39, 0.29) is 12.3 Å². The topological polar surface area (TPSA) is 92.5 Å². The molecule has 0 fully saturated rings. The van der Waals surface area contributed by atoms with Crippen molar-refractivity contribution in [3.8, 4) is 11.5 Å². The molecule has 0 aliphatic heterocycles. The number of para-hydroxylation sites is 4. The van der Waals surface area contributed by atoms with E-state index < -0.39 is 12.1 Å². The Labute approximate surface area is 185 Å². The highest BCUT2D eigenvalue weighted by atomic mass is 16.6. The SMILES string of the molecule is COc1ccccc1NC(=O)[C@H](Cc1c[nH]c2ccccc12)NC(=O)Oc1ccccc1. The second-order valence-electron chi connectivity index (χ2n) is 7.15. The molecule has 0 saturated carbocycles. The highest BCUT2D eigenvalue weighted by Gasteiger charge is 2.24. The van der Waals surface area contributed by atoms with E-state index >= 15 is 0 Å². The average molecular weight is 429 g/mol. The van der Waals surface area contributed by atoms with Crippen LogP contribution in [0.4, 0.5) is 10.5 Å². The molecule has 2 amide bonds. The van der Waals surface area contributed by atoms with Gasteiger partial charge in [0.25, 0.3) is 0 Å². The molecule has 32 heavy (non-hydrogen) atoms. The summed E-state index contributed by atoms with van der Waals surface area (Å²) < 4.78 is 10.7. The Kier molecular flexibility index (Phi) is 6.36. The van der Waals surface area contributed by atoms with E-state index in [1.807, 2.05) is 42.6 Å². The molecule has 1 heterocycles. The Bertz CT molecular complexity index is 1220. The lowest BCUT2D eigenvalue weighted by atomic mass is 10.0. The molecule has 7 heteroatoms. The van der Waals surface area contributed by atoms with Crippen molar-refractivity contribution in [2.45, 2.75) is 12.5 Å². The minimum atomic E-state index is -0.879. The zero-order valence-corrected chi connectivity index (χ0v) is 17.5. The number of ether oxygens (including phenoxy) is 2. The van der Waals surface area contributed by atoms with Crippen LogP contribution in [0.3, 0.4) is 0 Å². The van der Waals surface area contributed by atoms with Gasteiger partial charge in [0.1, 0.15) is 17.5 Å². The average Bonchev–Trinajstić information content (AvgIpc) is 3.22. The van der Waals surface area contributed by atoms with Crippen molar-refractivity contribution in [3.05, 3.63) is 90.6 Å². The minimum Gasteiger partial charge on any atom is -0.495 e. The number of aromatic amines is 1. The number of rotatable bonds is 7. The molecule has 4 aromatic rings. The third kappa shape index (κ3) is 4.89. The van der Waals surface area contributed by atoms with E-state index in [1.54, 1.807) is 42.5 Å². The van der Waals surface area contributed by atoms with Gasteiger partial charge in [0.2, 0.25) is 5.91 Å². The monoisotopic (exact) mass is 429 g/mol. The molecule has 0 unspecified atom stereocenters. The number of methoxy groups -OCH3 is 1. The summed E-state index contributed by atoms with van der Waals surface area (Å²) in [7, 11) is 1.53. The van der Waals surface area contributed by atoms with Crippen LogP contribution in [0, 0.1) is 0 Å². The number of aromatic nitrogens is 1. The molecule has 3 aromatic carbocycles. The molecule has 7 nitrogen and oxygen atoms in total. The van der Waals surface area contributed by atoms with E-state index in [4.69, 9.17) is 9.47 Å². The number of hydrogen-bond acceptors (Lipinski definition) is 4. The van der Waals surface area contributed by atoms with Gasteiger partial charge >= 0.3 is 6.09 Å². The van der Waals surface area contributed by atoms with Gasteiger partial charge in [0, 0.05) is 23.5 Å². The molecule has 1 aromatic heterocycles. The summed E-state index contributed by atoms with van der Waals surface area (Å²) >= 11 is 0. The molecule has 162 valence electrons. The summed E-state index contributed by atoms with van der Waals surface area (Å²) in [6.07, 6.45) is 1.41. The first-order valence-electron chi connectivity index (χ1n) is 10.2. The van der Waals surface area contributed by atoms with E-state index in [1.165, 1.54) is 7.11 Å². The number of carbonyl (C=O) groups excluding carboxylic acids is 2. The molecule has 0 radical (unpaired) electrons. The van der Waals surface area contributed by atoms with Gasteiger partial charge in [-0.05, 0) is 35.9 Å². The summed E-state index contributed by atoms with van der Waals surface area (Å²) in [6.45, 7) is 0. The van der Waals surface area contributed by atoms with Crippen LogP contribution in [0.25, 0.3) is 10.9 Å². The molecular formula is C25H23N3O4. The summed E-state index contributed by atoms with van der Waals surface area (Å²) in [5.74, 6) is 0.532. The molecule has 0 spiro atoms. The Balaban J connectivity index is 1.56. The quantitative estimate of drug-likeness (QED) is 0.403. The standard InChI is InChI=1S/C25H23N3O4/c1-31-23-14-8-7-13-21(23)27-24(29)22(28-25(30)32-18-9-3-2-4-10-18)15-17-16-26-20-12-6-5-11-19(17)20/h2-14,16,22,26H,15H2,1H3,(H,27,29)(H,28,30)/t22-/m0/s1. The Morgan fingerprint density at radius 1 is 0.938 bits per heavy atom. The number of H-pyrrole nitrogens is 1. The Morgan fingerprint density at radius 2 is 1.66 bits per heavy atom. The predicted molar refractivity (Wildman–Crippen MR) is 123 cm³/mol. The fraction of sp³-hybridized carbons (Fsp3) is 0.120. The van der Waals surface area contributed by atoms with Crippen molar-refractivity contribution in [2.24, 2.45) is 0 Å². The van der Waals surface area contributed by atoms with Crippen LogP contribution in [0.15, 0.2) is 85.1 Å². The Morgan fingerprint density at radius 3 is 2.47 bits per heavy atom. The third-order valence-corrected chi connectivity index (χ3v) is 5.03. The predicted octanol–water partition coefficient (Wildman–Crippen LogP) is 4.51. The van der Waals surface area contributed by atoms with Crippen LogP contribution in [0.5, 0.6) is 11.5 Å². The summed E-state index contributed by atoms with van der Waals surface area (Å²) in [6, 6.07) is 22.7. The lowest BCUT2D eigenvalue weighted by Crippen LogP contribution is -2.46. The van der Waals surface area contributed by atoms with Gasteiger partial charge in [-0.3, -0.25) is 4.79 Å². The van der Waals surface area contributed by atoms with Gasteiger partial charge in [-0.1, -0.05) is 48.5 Å². The van der Waals surface area contributed by atoms with Crippen LogP contribution < -0.4 is 20.1 Å². The summed E-state index contributed by atoms with van der Waals surface area (Å²) in [5.41, 5.74) is 2.38. The highest BCUT2D eigenvalue weighted by molar-refractivity contribution is 5.98. The van der Waals surface area contributed by atoms with Gasteiger partial charge in [0.05, 0.1) is 12.8 Å². The molecular weight excluding hydrogens is 406 g/mol. The van der Waals surface area contributed by atoms with Crippen molar-refractivity contribution in [1.29, 1.82) is 0 Å². The van der Waals surface area contributed by atoms with Gasteiger partial charge in [-0.2, -0.15) is 0 Å². The second-order valence-corrected chi connectivity index (χ2v) is 7.15. The molecule has 0 aliphatic rings. The number of anilines is 1. The van der Waals surface area contributed by atoms with Crippen molar-refractivity contribution < 1.29 is 19.1 Å². The first kappa shape index (κ1) is 21.0. The maximum atomic E-state index is 13.2. The largest absolute Gasteiger partial charge is 0.495 e. The van der Waals surface area contributed by atoms with Gasteiger partial charge in [0.15, 0.2) is 0 Å². The van der Waals surface area contributed by atoms with Crippen LogP contribution in [-0.4, -0.2) is 30.1 Å². The third-order valence-electron chi connectivity index (χ3n) is 5.03. The van der Waals surface area contributed by atoms with Gasteiger partial charge in [-0.25, -0.2) is 4.79 Å². The maximum absolute atomic E-state index is 13.2. The van der Waals surface area contributed by atoms with Gasteiger partial charge in [-0.15, -0.1) is 0 Å². The van der Waals surface area contributed by atoms with E-state index in [0.717, 1.165) is 16.5 Å². The molecule has 0 bridgehead atoms. The lowest BCUT2D eigenvalue weighted by molar-refractivity contribution is -0.118. The summed E-state index contributed by atoms with van der Waals surface area (Å²) in [4.78, 5) is 28.9. The van der Waals surface area contributed by atoms with Crippen LogP contribution in [0.2, 0.25) is 0 Å².